The molecule has 1 unspecified atom stereocenters. The van der Waals surface area contributed by atoms with Crippen LogP contribution in [0.15, 0.2) is 23.2 Å². The van der Waals surface area contributed by atoms with Crippen LogP contribution in [0.1, 0.15) is 18.9 Å². The quantitative estimate of drug-likeness (QED) is 0.622. The third-order valence-electron chi connectivity index (χ3n) is 3.58. The maximum atomic E-state index is 13.5. The van der Waals surface area contributed by atoms with Crippen molar-refractivity contribution in [2.75, 3.05) is 24.6 Å². The van der Waals surface area contributed by atoms with Crippen molar-refractivity contribution in [2.24, 2.45) is 4.99 Å². The van der Waals surface area contributed by atoms with Gasteiger partial charge in [0, 0.05) is 25.2 Å². The number of sulfone groups is 1. The Balaban J connectivity index is 1.93. The number of aliphatic imine (C=N–C) groups is 1. The molecular formula is C15H21F2N3O2S. The van der Waals surface area contributed by atoms with E-state index in [-0.39, 0.29) is 17.5 Å². The Morgan fingerprint density at radius 3 is 2.78 bits per heavy atom. The summed E-state index contributed by atoms with van der Waals surface area (Å²) in [6, 6.07) is 3.32. The van der Waals surface area contributed by atoms with Crippen molar-refractivity contribution < 1.29 is 17.2 Å². The summed E-state index contributed by atoms with van der Waals surface area (Å²) in [5.41, 5.74) is 0.398. The minimum absolute atomic E-state index is 0.101. The SMILES string of the molecule is CCNC(=NCCc1ccc(F)cc1F)NC1CCS(=O)(=O)C1. The van der Waals surface area contributed by atoms with Crippen LogP contribution in [0.3, 0.4) is 0 Å². The molecule has 2 N–H and O–H groups in total. The molecule has 1 heterocycles. The largest absolute Gasteiger partial charge is 0.357 e. The van der Waals surface area contributed by atoms with Crippen LogP contribution in [0.5, 0.6) is 0 Å². The lowest BCUT2D eigenvalue weighted by Gasteiger charge is -2.15. The van der Waals surface area contributed by atoms with E-state index in [4.69, 9.17) is 0 Å². The minimum atomic E-state index is -2.96. The fourth-order valence-corrected chi connectivity index (χ4v) is 4.11. The maximum absolute atomic E-state index is 13.5. The van der Waals surface area contributed by atoms with E-state index in [0.717, 1.165) is 6.07 Å². The molecule has 5 nitrogen and oxygen atoms in total. The third kappa shape index (κ3) is 5.46. The van der Waals surface area contributed by atoms with Gasteiger partial charge in [-0.3, -0.25) is 4.99 Å². The van der Waals surface area contributed by atoms with Gasteiger partial charge in [-0.15, -0.1) is 0 Å². The van der Waals surface area contributed by atoms with Gasteiger partial charge in [-0.05, 0) is 31.4 Å². The highest BCUT2D eigenvalue weighted by Crippen LogP contribution is 2.12. The molecule has 0 aromatic heterocycles. The van der Waals surface area contributed by atoms with Crippen molar-refractivity contribution in [3.05, 3.63) is 35.4 Å². The lowest BCUT2D eigenvalue weighted by molar-refractivity contribution is 0.571. The summed E-state index contributed by atoms with van der Waals surface area (Å²) in [5, 5.41) is 6.13. The van der Waals surface area contributed by atoms with Gasteiger partial charge in [0.1, 0.15) is 11.6 Å². The Hall–Kier alpha value is -1.70. The van der Waals surface area contributed by atoms with E-state index in [1.165, 1.54) is 12.1 Å². The molecule has 0 amide bonds. The molecule has 1 atom stereocenters. The predicted octanol–water partition coefficient (Wildman–Crippen LogP) is 1.25. The van der Waals surface area contributed by atoms with E-state index in [2.05, 4.69) is 15.6 Å². The van der Waals surface area contributed by atoms with Crippen LogP contribution in [-0.2, 0) is 16.3 Å². The van der Waals surface area contributed by atoms with Crippen molar-refractivity contribution in [1.82, 2.24) is 10.6 Å². The zero-order valence-electron chi connectivity index (χ0n) is 13.0. The van der Waals surface area contributed by atoms with Crippen molar-refractivity contribution in [1.29, 1.82) is 0 Å². The molecule has 1 aliphatic rings. The van der Waals surface area contributed by atoms with Gasteiger partial charge in [0.05, 0.1) is 11.5 Å². The fourth-order valence-electron chi connectivity index (χ4n) is 2.43. The number of hydrogen-bond acceptors (Lipinski definition) is 3. The van der Waals surface area contributed by atoms with Gasteiger partial charge < -0.3 is 10.6 Å². The van der Waals surface area contributed by atoms with Crippen LogP contribution in [0.25, 0.3) is 0 Å². The molecule has 2 rings (SSSR count). The standard InChI is InChI=1S/C15H21F2N3O2S/c1-2-18-15(20-13-6-8-23(21,22)10-13)19-7-5-11-3-4-12(16)9-14(11)17/h3-4,9,13H,2,5-8,10H2,1H3,(H2,18,19,20). The lowest BCUT2D eigenvalue weighted by Crippen LogP contribution is -2.44. The average molecular weight is 345 g/mol. The molecule has 23 heavy (non-hydrogen) atoms. The molecule has 128 valence electrons. The molecule has 0 saturated carbocycles. The summed E-state index contributed by atoms with van der Waals surface area (Å²) in [6.07, 6.45) is 0.894. The van der Waals surface area contributed by atoms with Crippen LogP contribution >= 0.6 is 0 Å². The molecule has 1 saturated heterocycles. The predicted molar refractivity (Wildman–Crippen MR) is 86.2 cm³/mol. The first kappa shape index (κ1) is 17.7. The second-order valence-corrected chi connectivity index (χ2v) is 7.72. The molecule has 1 aliphatic heterocycles. The van der Waals surface area contributed by atoms with Gasteiger partial charge in [0.25, 0.3) is 0 Å². The van der Waals surface area contributed by atoms with Crippen molar-refractivity contribution in [3.63, 3.8) is 0 Å². The fraction of sp³-hybridized carbons (Fsp3) is 0.533. The van der Waals surface area contributed by atoms with Gasteiger partial charge in [0.2, 0.25) is 0 Å². The maximum Gasteiger partial charge on any atom is 0.191 e. The van der Waals surface area contributed by atoms with Gasteiger partial charge >= 0.3 is 0 Å². The number of hydrogen-bond donors (Lipinski definition) is 2. The smallest absolute Gasteiger partial charge is 0.191 e. The number of rotatable bonds is 5. The monoisotopic (exact) mass is 345 g/mol. The summed E-state index contributed by atoms with van der Waals surface area (Å²) in [5.74, 6) is -0.390. The number of nitrogens with one attached hydrogen (secondary N) is 2. The second kappa shape index (κ2) is 7.72. The Labute approximate surface area is 135 Å². The van der Waals surface area contributed by atoms with E-state index in [1.54, 1.807) is 0 Å². The van der Waals surface area contributed by atoms with E-state index in [0.29, 0.717) is 37.5 Å². The number of nitrogens with zero attached hydrogens (tertiary/aromatic N) is 1. The highest BCUT2D eigenvalue weighted by atomic mass is 32.2. The van der Waals surface area contributed by atoms with E-state index in [9.17, 15) is 17.2 Å². The minimum Gasteiger partial charge on any atom is -0.357 e. The van der Waals surface area contributed by atoms with Crippen LogP contribution in [0, 0.1) is 11.6 Å². The third-order valence-corrected chi connectivity index (χ3v) is 5.35. The Morgan fingerprint density at radius 2 is 2.17 bits per heavy atom. The molecule has 0 bridgehead atoms. The molecule has 0 radical (unpaired) electrons. The first-order valence-electron chi connectivity index (χ1n) is 7.59. The molecule has 8 heteroatoms. The number of benzene rings is 1. The summed E-state index contributed by atoms with van der Waals surface area (Å²) in [7, 11) is -2.96. The normalized spacial score (nSPS) is 20.5. The first-order chi connectivity index (χ1) is 10.9. The zero-order chi connectivity index (χ0) is 16.9. The first-order valence-corrected chi connectivity index (χ1v) is 9.41. The molecule has 0 spiro atoms. The molecule has 1 aromatic carbocycles. The number of guanidine groups is 1. The summed E-state index contributed by atoms with van der Waals surface area (Å²) in [4.78, 5) is 4.32. The van der Waals surface area contributed by atoms with E-state index < -0.39 is 21.5 Å². The topological polar surface area (TPSA) is 70.6 Å². The Bertz CT molecular complexity index is 677. The molecule has 1 fully saturated rings. The lowest BCUT2D eigenvalue weighted by atomic mass is 10.1. The van der Waals surface area contributed by atoms with Crippen LogP contribution in [-0.4, -0.2) is 45.0 Å². The van der Waals surface area contributed by atoms with Crippen LogP contribution < -0.4 is 10.6 Å². The van der Waals surface area contributed by atoms with Gasteiger partial charge in [-0.1, -0.05) is 6.07 Å². The summed E-state index contributed by atoms with van der Waals surface area (Å²) >= 11 is 0. The molecule has 0 aliphatic carbocycles. The molecule has 1 aromatic rings. The average Bonchev–Trinajstić information content (AvgIpc) is 2.80. The van der Waals surface area contributed by atoms with Gasteiger partial charge in [0.15, 0.2) is 15.8 Å². The molecular weight excluding hydrogens is 324 g/mol. The Morgan fingerprint density at radius 1 is 1.39 bits per heavy atom. The highest BCUT2D eigenvalue weighted by molar-refractivity contribution is 7.91. The number of halogens is 2. The highest BCUT2D eigenvalue weighted by Gasteiger charge is 2.28. The van der Waals surface area contributed by atoms with Crippen LogP contribution in [0.4, 0.5) is 8.78 Å². The van der Waals surface area contributed by atoms with Crippen molar-refractivity contribution >= 4 is 15.8 Å². The van der Waals surface area contributed by atoms with E-state index >= 15 is 0 Å². The second-order valence-electron chi connectivity index (χ2n) is 5.49. The van der Waals surface area contributed by atoms with E-state index in [1.807, 2.05) is 6.92 Å². The van der Waals surface area contributed by atoms with Gasteiger partial charge in [-0.2, -0.15) is 0 Å². The zero-order valence-corrected chi connectivity index (χ0v) is 13.8. The van der Waals surface area contributed by atoms with Gasteiger partial charge in [-0.25, -0.2) is 17.2 Å². The van der Waals surface area contributed by atoms with Crippen molar-refractivity contribution in [3.8, 4) is 0 Å². The summed E-state index contributed by atoms with van der Waals surface area (Å²) < 4.78 is 49.3. The Kier molecular flexibility index (Phi) is 5.92. The van der Waals surface area contributed by atoms with Crippen LogP contribution in [0.2, 0.25) is 0 Å². The van der Waals surface area contributed by atoms with Crippen molar-refractivity contribution in [2.45, 2.75) is 25.8 Å². The summed E-state index contributed by atoms with van der Waals surface area (Å²) in [6.45, 7) is 2.86.